The van der Waals surface area contributed by atoms with Crippen LogP contribution in [0.4, 0.5) is 0 Å². The summed E-state index contributed by atoms with van der Waals surface area (Å²) in [6.07, 6.45) is 4.45. The third kappa shape index (κ3) is 4.01. The van der Waals surface area contributed by atoms with Gasteiger partial charge in [0.25, 0.3) is 17.0 Å². The fourth-order valence-electron chi connectivity index (χ4n) is 3.97. The molecule has 2 aromatic rings. The van der Waals surface area contributed by atoms with E-state index in [0.717, 1.165) is 6.42 Å². The maximum absolute atomic E-state index is 13.0. The Balaban J connectivity index is 1.50. The highest BCUT2D eigenvalue weighted by Gasteiger charge is 2.44. The highest BCUT2D eigenvalue weighted by atomic mass is 16.6. The Morgan fingerprint density at radius 2 is 2.17 bits per heavy atom. The van der Waals surface area contributed by atoms with Gasteiger partial charge in [0, 0.05) is 32.1 Å². The first-order valence-corrected chi connectivity index (χ1v) is 9.70. The molecule has 2 unspecified atom stereocenters. The van der Waals surface area contributed by atoms with Gasteiger partial charge in [0.15, 0.2) is 0 Å². The molecule has 0 N–H and O–H groups in total. The molecule has 9 nitrogen and oxygen atoms in total. The van der Waals surface area contributed by atoms with Gasteiger partial charge in [-0.3, -0.25) is 14.4 Å². The molecule has 2 aliphatic heterocycles. The zero-order chi connectivity index (χ0) is 20.4. The molecular formula is C20H24N4O5. The Bertz CT molecular complexity index is 1020. The lowest BCUT2D eigenvalue weighted by molar-refractivity contribution is -0.0883. The van der Waals surface area contributed by atoms with Gasteiger partial charge in [-0.2, -0.15) is 5.10 Å². The second-order valence-electron chi connectivity index (χ2n) is 7.62. The van der Waals surface area contributed by atoms with Crippen LogP contribution in [-0.4, -0.2) is 63.2 Å². The summed E-state index contributed by atoms with van der Waals surface area (Å²) >= 11 is 0. The lowest BCUT2D eigenvalue weighted by Gasteiger charge is -2.32. The summed E-state index contributed by atoms with van der Waals surface area (Å²) in [5.41, 5.74) is -1.00. The molecule has 29 heavy (non-hydrogen) atoms. The number of nitrogens with zero attached hydrogens (tertiary/aromatic N) is 4. The molecule has 0 aromatic carbocycles. The minimum absolute atomic E-state index is 0.140. The van der Waals surface area contributed by atoms with Crippen LogP contribution in [0.5, 0.6) is 0 Å². The Hall–Kier alpha value is -2.78. The molecule has 4 rings (SSSR count). The molecule has 2 atom stereocenters. The van der Waals surface area contributed by atoms with Gasteiger partial charge in [-0.1, -0.05) is 0 Å². The maximum atomic E-state index is 13.0. The number of pyridine rings is 1. The van der Waals surface area contributed by atoms with Gasteiger partial charge in [0.05, 0.1) is 32.4 Å². The minimum Gasteiger partial charge on any atom is -0.377 e. The molecule has 0 radical (unpaired) electrons. The van der Waals surface area contributed by atoms with E-state index in [0.29, 0.717) is 39.3 Å². The van der Waals surface area contributed by atoms with Gasteiger partial charge in [-0.25, -0.2) is 4.68 Å². The van der Waals surface area contributed by atoms with E-state index in [1.54, 1.807) is 42.5 Å². The number of ether oxygens (including phenoxy) is 2. The minimum atomic E-state index is -0.644. The molecule has 2 aliphatic rings. The van der Waals surface area contributed by atoms with Crippen molar-refractivity contribution in [2.45, 2.75) is 31.1 Å². The van der Waals surface area contributed by atoms with Gasteiger partial charge in [0.2, 0.25) is 0 Å². The fraction of sp³-hybridized carbons (Fsp3) is 0.500. The van der Waals surface area contributed by atoms with Crippen LogP contribution >= 0.6 is 0 Å². The SMILES string of the molecule is Cn1cccc(C(=O)N2CCOCC3(CCC(Cn4ncccc4=O)O3)C2)c1=O. The summed E-state index contributed by atoms with van der Waals surface area (Å²) in [6, 6.07) is 6.31. The van der Waals surface area contributed by atoms with Crippen LogP contribution in [0.2, 0.25) is 0 Å². The number of hydrogen-bond donors (Lipinski definition) is 0. The van der Waals surface area contributed by atoms with E-state index >= 15 is 0 Å². The van der Waals surface area contributed by atoms with Crippen molar-refractivity contribution < 1.29 is 14.3 Å². The van der Waals surface area contributed by atoms with Gasteiger partial charge < -0.3 is 18.9 Å². The summed E-state index contributed by atoms with van der Waals surface area (Å²) in [6.45, 7) is 1.85. The highest BCUT2D eigenvalue weighted by molar-refractivity contribution is 5.93. The Kier molecular flexibility index (Phi) is 5.33. The smallest absolute Gasteiger partial charge is 0.266 e. The Labute approximate surface area is 167 Å². The van der Waals surface area contributed by atoms with Crippen LogP contribution in [-0.2, 0) is 23.1 Å². The summed E-state index contributed by atoms with van der Waals surface area (Å²) in [5, 5.41) is 4.09. The van der Waals surface area contributed by atoms with Crippen molar-refractivity contribution in [1.29, 1.82) is 0 Å². The molecule has 0 aliphatic carbocycles. The average molecular weight is 400 g/mol. The third-order valence-electron chi connectivity index (χ3n) is 5.49. The number of carbonyl (C=O) groups is 1. The lowest BCUT2D eigenvalue weighted by Crippen LogP contribution is -2.48. The number of aryl methyl sites for hydroxylation is 1. The van der Waals surface area contributed by atoms with Gasteiger partial charge in [-0.15, -0.1) is 0 Å². The van der Waals surface area contributed by atoms with Crippen LogP contribution in [0.25, 0.3) is 0 Å². The van der Waals surface area contributed by atoms with E-state index in [4.69, 9.17) is 9.47 Å². The highest BCUT2D eigenvalue weighted by Crippen LogP contribution is 2.33. The Morgan fingerprint density at radius 3 is 3.00 bits per heavy atom. The van der Waals surface area contributed by atoms with Crippen LogP contribution in [0.3, 0.4) is 0 Å². The van der Waals surface area contributed by atoms with Crippen molar-refractivity contribution in [1.82, 2.24) is 19.2 Å². The van der Waals surface area contributed by atoms with E-state index in [2.05, 4.69) is 5.10 Å². The zero-order valence-corrected chi connectivity index (χ0v) is 16.3. The van der Waals surface area contributed by atoms with E-state index in [-0.39, 0.29) is 28.7 Å². The molecule has 9 heteroatoms. The first-order valence-electron chi connectivity index (χ1n) is 9.70. The monoisotopic (exact) mass is 400 g/mol. The molecule has 0 saturated carbocycles. The number of hydrogen-bond acceptors (Lipinski definition) is 6. The van der Waals surface area contributed by atoms with E-state index in [1.807, 2.05) is 0 Å². The van der Waals surface area contributed by atoms with Crippen molar-refractivity contribution >= 4 is 5.91 Å². The number of aromatic nitrogens is 3. The summed E-state index contributed by atoms with van der Waals surface area (Å²) in [4.78, 5) is 38.9. The first-order chi connectivity index (χ1) is 14.0. The predicted octanol–water partition coefficient (Wildman–Crippen LogP) is 0.0324. The van der Waals surface area contributed by atoms with Crippen LogP contribution in [0.15, 0.2) is 46.2 Å². The van der Waals surface area contributed by atoms with Crippen LogP contribution < -0.4 is 11.1 Å². The molecular weight excluding hydrogens is 376 g/mol. The molecule has 1 spiro atoms. The molecule has 2 aromatic heterocycles. The number of carbonyl (C=O) groups excluding carboxylic acids is 1. The van der Waals surface area contributed by atoms with Crippen molar-refractivity contribution in [3.8, 4) is 0 Å². The summed E-state index contributed by atoms with van der Waals surface area (Å²) in [5.74, 6) is -0.316. The second kappa shape index (κ2) is 7.92. The molecule has 154 valence electrons. The third-order valence-corrected chi connectivity index (χ3v) is 5.49. The van der Waals surface area contributed by atoms with Gasteiger partial charge in [-0.05, 0) is 31.0 Å². The van der Waals surface area contributed by atoms with Crippen molar-refractivity contribution in [2.24, 2.45) is 7.05 Å². The van der Waals surface area contributed by atoms with E-state index in [9.17, 15) is 14.4 Å². The lowest BCUT2D eigenvalue weighted by atomic mass is 9.99. The first kappa shape index (κ1) is 19.5. The fourth-order valence-corrected chi connectivity index (χ4v) is 3.97. The normalized spacial score (nSPS) is 24.6. The molecule has 1 amide bonds. The maximum Gasteiger partial charge on any atom is 0.266 e. The topological polar surface area (TPSA) is 95.7 Å². The van der Waals surface area contributed by atoms with Crippen LogP contribution in [0.1, 0.15) is 23.2 Å². The summed E-state index contributed by atoms with van der Waals surface area (Å²) < 4.78 is 14.8. The van der Waals surface area contributed by atoms with E-state index in [1.165, 1.54) is 15.3 Å². The average Bonchev–Trinajstić information content (AvgIpc) is 2.97. The molecule has 0 bridgehead atoms. The van der Waals surface area contributed by atoms with Gasteiger partial charge in [0.1, 0.15) is 11.2 Å². The summed E-state index contributed by atoms with van der Waals surface area (Å²) in [7, 11) is 1.62. The standard InChI is InChI=1S/C20H24N4O5/c1-22-9-3-4-16(18(22)26)19(27)23-10-11-28-14-20(13-23)7-6-15(29-20)12-24-17(25)5-2-8-21-24/h2-5,8-9,15H,6-7,10-14H2,1H3. The van der Waals surface area contributed by atoms with E-state index < -0.39 is 5.60 Å². The van der Waals surface area contributed by atoms with Crippen molar-refractivity contribution in [2.75, 3.05) is 26.3 Å². The van der Waals surface area contributed by atoms with Crippen molar-refractivity contribution in [3.05, 3.63) is 62.9 Å². The second-order valence-corrected chi connectivity index (χ2v) is 7.62. The quantitative estimate of drug-likeness (QED) is 0.722. The van der Waals surface area contributed by atoms with Gasteiger partial charge >= 0.3 is 0 Å². The predicted molar refractivity (Wildman–Crippen MR) is 104 cm³/mol. The molecule has 2 fully saturated rings. The van der Waals surface area contributed by atoms with Crippen LogP contribution in [0, 0.1) is 0 Å². The zero-order valence-electron chi connectivity index (χ0n) is 16.3. The number of amides is 1. The number of rotatable bonds is 3. The molecule has 4 heterocycles. The Morgan fingerprint density at radius 1 is 1.31 bits per heavy atom. The molecule has 2 saturated heterocycles. The van der Waals surface area contributed by atoms with Crippen molar-refractivity contribution in [3.63, 3.8) is 0 Å². The largest absolute Gasteiger partial charge is 0.377 e.